The van der Waals surface area contributed by atoms with Crippen molar-refractivity contribution in [2.75, 3.05) is 6.54 Å². The van der Waals surface area contributed by atoms with Crippen LogP contribution >= 0.6 is 11.3 Å². The Morgan fingerprint density at radius 2 is 1.96 bits per heavy atom. The van der Waals surface area contributed by atoms with Crippen LogP contribution in [0.5, 0.6) is 0 Å². The Bertz CT molecular complexity index is 739. The molecule has 0 radical (unpaired) electrons. The Labute approximate surface area is 145 Å². The fourth-order valence-corrected chi connectivity index (χ4v) is 3.31. The first-order valence-corrected chi connectivity index (χ1v) is 8.76. The minimum Gasteiger partial charge on any atom is -0.467 e. The second kappa shape index (κ2) is 7.95. The van der Waals surface area contributed by atoms with Gasteiger partial charge in [-0.3, -0.25) is 10.1 Å². The maximum Gasteiger partial charge on any atom is 0.234 e. The zero-order valence-electron chi connectivity index (χ0n) is 13.4. The number of hydrogen-bond acceptors (Lipinski definition) is 4. The highest BCUT2D eigenvalue weighted by atomic mass is 32.1. The summed E-state index contributed by atoms with van der Waals surface area (Å²) in [5.74, 6) is 0.753. The molecule has 2 atom stereocenters. The van der Waals surface area contributed by atoms with Gasteiger partial charge in [-0.1, -0.05) is 36.4 Å². The Morgan fingerprint density at radius 1 is 1.12 bits per heavy atom. The highest BCUT2D eigenvalue weighted by Gasteiger charge is 2.18. The summed E-state index contributed by atoms with van der Waals surface area (Å²) in [4.78, 5) is 13.4. The van der Waals surface area contributed by atoms with Crippen molar-refractivity contribution in [3.63, 3.8) is 0 Å². The molecule has 0 saturated heterocycles. The number of rotatable bonds is 7. The first kappa shape index (κ1) is 16.5. The number of carbonyl (C=O) groups excluding carboxylic acids is 1. The predicted octanol–water partition coefficient (Wildman–Crippen LogP) is 3.90. The Balaban J connectivity index is 1.62. The van der Waals surface area contributed by atoms with Gasteiger partial charge in [0.1, 0.15) is 5.76 Å². The second-order valence-electron chi connectivity index (χ2n) is 5.54. The van der Waals surface area contributed by atoms with Crippen molar-refractivity contribution in [2.45, 2.75) is 19.0 Å². The average Bonchev–Trinajstić information content (AvgIpc) is 3.30. The summed E-state index contributed by atoms with van der Waals surface area (Å²) in [5, 5.41) is 8.31. The Kier molecular flexibility index (Phi) is 5.46. The lowest BCUT2D eigenvalue weighted by molar-refractivity contribution is -0.120. The van der Waals surface area contributed by atoms with E-state index in [1.165, 1.54) is 0 Å². The van der Waals surface area contributed by atoms with E-state index < -0.39 is 0 Å². The molecule has 24 heavy (non-hydrogen) atoms. The van der Waals surface area contributed by atoms with Crippen LogP contribution in [0.4, 0.5) is 0 Å². The lowest BCUT2D eigenvalue weighted by atomic mass is 10.0. The molecule has 1 amide bonds. The zero-order chi connectivity index (χ0) is 16.8. The molecular weight excluding hydrogens is 320 g/mol. The smallest absolute Gasteiger partial charge is 0.234 e. The molecule has 0 aliphatic carbocycles. The molecule has 2 N–H and O–H groups in total. The van der Waals surface area contributed by atoms with Crippen molar-refractivity contribution in [3.05, 3.63) is 82.4 Å². The van der Waals surface area contributed by atoms with E-state index in [1.807, 2.05) is 66.9 Å². The molecule has 124 valence electrons. The standard InChI is InChI=1S/C19H20N2O2S/c1-14(17-10-6-12-24-17)21-18(22)13-20-19(16-9-5-11-23-16)15-7-3-2-4-8-15/h2-12,14,19-20H,13H2,1H3,(H,21,22)/t14-,19+/m0/s1. The lowest BCUT2D eigenvalue weighted by Gasteiger charge is -2.18. The number of benzene rings is 1. The molecule has 1 aromatic carbocycles. The molecule has 2 heterocycles. The average molecular weight is 340 g/mol. The van der Waals surface area contributed by atoms with Gasteiger partial charge in [0.15, 0.2) is 0 Å². The molecule has 0 aliphatic heterocycles. The normalized spacial score (nSPS) is 13.4. The number of thiophene rings is 1. The van der Waals surface area contributed by atoms with Crippen molar-refractivity contribution in [3.8, 4) is 0 Å². The molecule has 5 heteroatoms. The maximum absolute atomic E-state index is 12.3. The minimum atomic E-state index is -0.149. The zero-order valence-corrected chi connectivity index (χ0v) is 14.3. The van der Waals surface area contributed by atoms with Crippen LogP contribution in [0, 0.1) is 0 Å². The van der Waals surface area contributed by atoms with E-state index in [-0.39, 0.29) is 24.5 Å². The molecule has 0 fully saturated rings. The summed E-state index contributed by atoms with van der Waals surface area (Å²) >= 11 is 1.64. The number of hydrogen-bond donors (Lipinski definition) is 2. The highest BCUT2D eigenvalue weighted by molar-refractivity contribution is 7.10. The van der Waals surface area contributed by atoms with Crippen molar-refractivity contribution in [1.82, 2.24) is 10.6 Å². The van der Waals surface area contributed by atoms with E-state index in [2.05, 4.69) is 10.6 Å². The van der Waals surface area contributed by atoms with Crippen LogP contribution in [0.1, 0.15) is 35.2 Å². The van der Waals surface area contributed by atoms with Crippen molar-refractivity contribution in [2.24, 2.45) is 0 Å². The van der Waals surface area contributed by atoms with Crippen LogP contribution in [-0.4, -0.2) is 12.5 Å². The van der Waals surface area contributed by atoms with Gasteiger partial charge in [-0.2, -0.15) is 0 Å². The van der Waals surface area contributed by atoms with Crippen LogP contribution in [0.3, 0.4) is 0 Å². The van der Waals surface area contributed by atoms with Gasteiger partial charge in [-0.05, 0) is 36.1 Å². The van der Waals surface area contributed by atoms with E-state index in [4.69, 9.17) is 4.42 Å². The van der Waals surface area contributed by atoms with E-state index in [9.17, 15) is 4.79 Å². The van der Waals surface area contributed by atoms with Gasteiger partial charge >= 0.3 is 0 Å². The molecule has 0 spiro atoms. The monoisotopic (exact) mass is 340 g/mol. The number of amides is 1. The van der Waals surface area contributed by atoms with Crippen molar-refractivity contribution < 1.29 is 9.21 Å². The third kappa shape index (κ3) is 4.13. The van der Waals surface area contributed by atoms with Crippen molar-refractivity contribution >= 4 is 17.2 Å². The Hall–Kier alpha value is -2.37. The first-order valence-electron chi connectivity index (χ1n) is 7.88. The summed E-state index contributed by atoms with van der Waals surface area (Å²) in [6, 6.07) is 17.6. The fourth-order valence-electron chi connectivity index (χ4n) is 2.58. The van der Waals surface area contributed by atoms with Gasteiger partial charge in [0.05, 0.1) is 24.9 Å². The predicted molar refractivity (Wildman–Crippen MR) is 95.9 cm³/mol. The molecule has 4 nitrogen and oxygen atoms in total. The quantitative estimate of drug-likeness (QED) is 0.686. The van der Waals surface area contributed by atoms with E-state index >= 15 is 0 Å². The topological polar surface area (TPSA) is 54.3 Å². The van der Waals surface area contributed by atoms with E-state index in [0.717, 1.165) is 16.2 Å². The van der Waals surface area contributed by atoms with Crippen molar-refractivity contribution in [1.29, 1.82) is 0 Å². The number of carbonyl (C=O) groups is 1. The number of nitrogens with one attached hydrogen (secondary N) is 2. The van der Waals surface area contributed by atoms with Crippen LogP contribution in [-0.2, 0) is 4.79 Å². The van der Waals surface area contributed by atoms with Gasteiger partial charge in [0, 0.05) is 4.88 Å². The summed E-state index contributed by atoms with van der Waals surface area (Å²) in [6.45, 7) is 2.21. The second-order valence-corrected chi connectivity index (χ2v) is 6.52. The summed E-state index contributed by atoms with van der Waals surface area (Å²) in [6.07, 6.45) is 1.64. The van der Waals surface area contributed by atoms with Gasteiger partial charge in [-0.15, -0.1) is 11.3 Å². The molecule has 0 bridgehead atoms. The highest BCUT2D eigenvalue weighted by Crippen LogP contribution is 2.22. The van der Waals surface area contributed by atoms with Crippen LogP contribution in [0.15, 0.2) is 70.7 Å². The largest absolute Gasteiger partial charge is 0.467 e. The summed E-state index contributed by atoms with van der Waals surface area (Å²) in [7, 11) is 0. The summed E-state index contributed by atoms with van der Waals surface area (Å²) in [5.41, 5.74) is 1.06. The maximum atomic E-state index is 12.3. The summed E-state index contributed by atoms with van der Waals surface area (Å²) < 4.78 is 5.53. The van der Waals surface area contributed by atoms with Gasteiger partial charge in [0.25, 0.3) is 0 Å². The third-order valence-electron chi connectivity index (χ3n) is 3.77. The first-order chi connectivity index (χ1) is 11.7. The third-order valence-corrected chi connectivity index (χ3v) is 4.83. The van der Waals surface area contributed by atoms with E-state index in [0.29, 0.717) is 0 Å². The fraction of sp³-hybridized carbons (Fsp3) is 0.211. The molecule has 0 aliphatic rings. The van der Waals surface area contributed by atoms with Gasteiger partial charge in [-0.25, -0.2) is 0 Å². The van der Waals surface area contributed by atoms with Crippen LogP contribution in [0.25, 0.3) is 0 Å². The van der Waals surface area contributed by atoms with Crippen LogP contribution < -0.4 is 10.6 Å². The van der Waals surface area contributed by atoms with E-state index in [1.54, 1.807) is 17.6 Å². The minimum absolute atomic E-state index is 0.0121. The SMILES string of the molecule is C[C@H](NC(=O)CN[C@H](c1ccccc1)c1ccco1)c1cccs1. The van der Waals surface area contributed by atoms with Gasteiger partial charge in [0.2, 0.25) is 5.91 Å². The molecule has 0 unspecified atom stereocenters. The molecule has 3 aromatic rings. The molecular formula is C19H20N2O2S. The molecule has 0 saturated carbocycles. The number of furan rings is 1. The van der Waals surface area contributed by atoms with Crippen LogP contribution in [0.2, 0.25) is 0 Å². The molecule has 2 aromatic heterocycles. The Morgan fingerprint density at radius 3 is 2.62 bits per heavy atom. The van der Waals surface area contributed by atoms with Gasteiger partial charge < -0.3 is 9.73 Å². The molecule has 3 rings (SSSR count). The lowest BCUT2D eigenvalue weighted by Crippen LogP contribution is -2.37.